The Labute approximate surface area is 320 Å². The molecule has 0 radical (unpaired) electrons. The summed E-state index contributed by atoms with van der Waals surface area (Å²) < 4.78 is 6.80. The average molecular weight is 708 g/mol. The summed E-state index contributed by atoms with van der Waals surface area (Å²) in [4.78, 5) is 2.30. The van der Waals surface area contributed by atoms with Gasteiger partial charge < -0.3 is 14.6 Å². The molecule has 4 nitrogen and oxygen atoms in total. The first-order chi connectivity index (χ1) is 27.3. The minimum atomic E-state index is -0.150. The van der Waals surface area contributed by atoms with Crippen molar-refractivity contribution in [3.8, 4) is 11.1 Å². The van der Waals surface area contributed by atoms with Crippen LogP contribution in [0.4, 0.5) is 17.1 Å². The summed E-state index contributed by atoms with van der Waals surface area (Å²) in [5, 5.41) is 12.2. The number of nitrogens with zero attached hydrogens (tertiary/aromatic N) is 1. The van der Waals surface area contributed by atoms with Crippen molar-refractivity contribution in [2.45, 2.75) is 12.2 Å². The molecule has 0 amide bonds. The lowest BCUT2D eigenvalue weighted by Gasteiger charge is -2.26. The van der Waals surface area contributed by atoms with E-state index in [2.05, 4.69) is 221 Å². The second-order valence-electron chi connectivity index (χ2n) is 13.9. The third-order valence-electron chi connectivity index (χ3n) is 10.5. The molecule has 55 heavy (non-hydrogen) atoms. The number of hydrogen-bond donors (Lipinski definition) is 2. The maximum atomic E-state index is 6.80. The number of para-hydroxylation sites is 2. The van der Waals surface area contributed by atoms with Crippen LogP contribution in [0.1, 0.15) is 28.9 Å². The zero-order chi connectivity index (χ0) is 36.6. The van der Waals surface area contributed by atoms with E-state index in [4.69, 9.17) is 4.42 Å². The zero-order valence-corrected chi connectivity index (χ0v) is 30.1. The fourth-order valence-electron chi connectivity index (χ4n) is 8.00. The molecule has 0 bridgehead atoms. The summed E-state index contributed by atoms with van der Waals surface area (Å²) in [5.41, 5.74) is 15.2. The summed E-state index contributed by atoms with van der Waals surface area (Å²) >= 11 is 0. The van der Waals surface area contributed by atoms with Crippen LogP contribution in [0.5, 0.6) is 0 Å². The van der Waals surface area contributed by atoms with Crippen molar-refractivity contribution in [3.05, 3.63) is 223 Å². The molecule has 0 saturated carbocycles. The first kappa shape index (κ1) is 32.5. The van der Waals surface area contributed by atoms with Crippen LogP contribution in [0.2, 0.25) is 0 Å². The lowest BCUT2D eigenvalue weighted by atomic mass is 9.93. The molecule has 8 aromatic carbocycles. The number of anilines is 3. The van der Waals surface area contributed by atoms with Gasteiger partial charge in [0.25, 0.3) is 0 Å². The average Bonchev–Trinajstić information content (AvgIpc) is 3.50. The Hall–Kier alpha value is -7.10. The highest BCUT2D eigenvalue weighted by atomic mass is 16.3. The number of fused-ring (bicyclic) bond motifs is 5. The van der Waals surface area contributed by atoms with Gasteiger partial charge in [-0.3, -0.25) is 5.32 Å². The molecule has 2 atom stereocenters. The summed E-state index contributed by atoms with van der Waals surface area (Å²) in [6.07, 6.45) is 1.99. The van der Waals surface area contributed by atoms with E-state index in [-0.39, 0.29) is 12.2 Å². The van der Waals surface area contributed by atoms with E-state index in [1.807, 2.05) is 0 Å². The molecule has 2 heterocycles. The van der Waals surface area contributed by atoms with Crippen molar-refractivity contribution in [2.24, 2.45) is 0 Å². The summed E-state index contributed by atoms with van der Waals surface area (Å²) in [6.45, 7) is 0. The van der Waals surface area contributed by atoms with Crippen LogP contribution >= 0.6 is 0 Å². The van der Waals surface area contributed by atoms with E-state index >= 15 is 0 Å². The van der Waals surface area contributed by atoms with Gasteiger partial charge in [-0.2, -0.15) is 0 Å². The van der Waals surface area contributed by atoms with E-state index in [0.29, 0.717) is 0 Å². The van der Waals surface area contributed by atoms with E-state index < -0.39 is 0 Å². The molecule has 0 aliphatic carbocycles. The molecule has 0 fully saturated rings. The molecule has 10 rings (SSSR count). The highest BCUT2D eigenvalue weighted by molar-refractivity contribution is 6.24. The lowest BCUT2D eigenvalue weighted by molar-refractivity contribution is 0.468. The summed E-state index contributed by atoms with van der Waals surface area (Å²) in [5.74, 6) is 0. The van der Waals surface area contributed by atoms with Crippen molar-refractivity contribution < 1.29 is 4.42 Å². The maximum absolute atomic E-state index is 6.80. The molecule has 4 heteroatoms. The van der Waals surface area contributed by atoms with Crippen molar-refractivity contribution in [2.75, 3.05) is 4.90 Å². The van der Waals surface area contributed by atoms with Gasteiger partial charge in [0.2, 0.25) is 0 Å². The van der Waals surface area contributed by atoms with Gasteiger partial charge in [0, 0.05) is 33.4 Å². The molecule has 2 N–H and O–H groups in total. The molecule has 2 unspecified atom stereocenters. The number of benzene rings is 8. The van der Waals surface area contributed by atoms with Gasteiger partial charge >= 0.3 is 0 Å². The van der Waals surface area contributed by atoms with Gasteiger partial charge in [0.15, 0.2) is 0 Å². The van der Waals surface area contributed by atoms with Crippen LogP contribution in [-0.4, -0.2) is 0 Å². The van der Waals surface area contributed by atoms with Crippen LogP contribution in [-0.2, 0) is 0 Å². The Morgan fingerprint density at radius 1 is 0.473 bits per heavy atom. The molecular weight excluding hydrogens is 671 g/mol. The Balaban J connectivity index is 1.14. The third-order valence-corrected chi connectivity index (χ3v) is 10.5. The molecule has 1 aliphatic heterocycles. The van der Waals surface area contributed by atoms with Crippen molar-refractivity contribution in [1.29, 1.82) is 0 Å². The van der Waals surface area contributed by atoms with E-state index in [9.17, 15) is 0 Å². The van der Waals surface area contributed by atoms with Crippen molar-refractivity contribution in [1.82, 2.24) is 10.6 Å². The van der Waals surface area contributed by atoms with Gasteiger partial charge in [-0.15, -0.1) is 0 Å². The Morgan fingerprint density at radius 3 is 1.78 bits per heavy atom. The van der Waals surface area contributed by atoms with Crippen molar-refractivity contribution in [3.63, 3.8) is 0 Å². The van der Waals surface area contributed by atoms with Crippen LogP contribution in [0, 0.1) is 0 Å². The monoisotopic (exact) mass is 707 g/mol. The number of rotatable bonds is 7. The molecule has 9 aromatic rings. The first-order valence-corrected chi connectivity index (χ1v) is 18.8. The van der Waals surface area contributed by atoms with E-state index in [0.717, 1.165) is 72.3 Å². The number of hydrogen-bond acceptors (Lipinski definition) is 4. The predicted molar refractivity (Wildman–Crippen MR) is 227 cm³/mol. The number of furan rings is 1. The Bertz CT molecular complexity index is 2820. The fourth-order valence-corrected chi connectivity index (χ4v) is 8.00. The molecule has 262 valence electrons. The second-order valence-corrected chi connectivity index (χ2v) is 13.9. The minimum Gasteiger partial charge on any atom is -0.456 e. The molecule has 0 saturated heterocycles. The number of nitrogens with one attached hydrogen (secondary N) is 2. The highest BCUT2D eigenvalue weighted by Crippen LogP contribution is 2.44. The highest BCUT2D eigenvalue weighted by Gasteiger charge is 2.24. The Morgan fingerprint density at radius 2 is 1.07 bits per heavy atom. The van der Waals surface area contributed by atoms with E-state index in [1.54, 1.807) is 0 Å². The lowest BCUT2D eigenvalue weighted by Crippen LogP contribution is -2.34. The van der Waals surface area contributed by atoms with Gasteiger partial charge in [0.05, 0.1) is 11.7 Å². The zero-order valence-electron chi connectivity index (χ0n) is 30.1. The summed E-state index contributed by atoms with van der Waals surface area (Å²) in [6, 6.07) is 68.2. The van der Waals surface area contributed by atoms with Crippen molar-refractivity contribution >= 4 is 55.5 Å². The normalized spacial score (nSPS) is 15.5. The smallest absolute Gasteiger partial charge is 0.136 e. The van der Waals surface area contributed by atoms with Crippen LogP contribution in [0.3, 0.4) is 0 Å². The molecule has 0 spiro atoms. The van der Waals surface area contributed by atoms with Gasteiger partial charge in [-0.1, -0.05) is 151 Å². The van der Waals surface area contributed by atoms with Gasteiger partial charge in [0.1, 0.15) is 17.3 Å². The van der Waals surface area contributed by atoms with Crippen LogP contribution in [0.25, 0.3) is 49.5 Å². The first-order valence-electron chi connectivity index (χ1n) is 18.8. The quantitative estimate of drug-likeness (QED) is 0.162. The molecule has 1 aromatic heterocycles. The predicted octanol–water partition coefficient (Wildman–Crippen LogP) is 13.0. The van der Waals surface area contributed by atoms with E-state index in [1.165, 1.54) is 10.9 Å². The molecular formula is C51H37N3O. The topological polar surface area (TPSA) is 40.4 Å². The largest absolute Gasteiger partial charge is 0.456 e. The van der Waals surface area contributed by atoms with Gasteiger partial charge in [-0.25, -0.2) is 0 Å². The summed E-state index contributed by atoms with van der Waals surface area (Å²) in [7, 11) is 0. The minimum absolute atomic E-state index is 0.0319. The molecule has 1 aliphatic rings. The SMILES string of the molecule is C1=CC(c2ccccc2)NC(c2ccccc2)NC=1c1cccc2oc3cc(-c4cccc(N(c5ccccc5)c5ccccc5)c4)c4ccccc4c3c12. The fraction of sp³-hybridized carbons (Fsp3) is 0.0392. The van der Waals surface area contributed by atoms with Crippen LogP contribution in [0.15, 0.2) is 210 Å². The maximum Gasteiger partial charge on any atom is 0.136 e. The standard InChI is InChI=1S/C51H37N3O/c1-5-17-35(18-6-1)45-31-32-46(53-51(52-45)36-19-7-2-8-20-36)43-29-16-30-47-50(43)49-42-28-14-13-27-41(42)44(34-48(49)55-47)37-21-15-26-40(33-37)54(38-22-9-3-10-23-38)39-24-11-4-12-25-39/h1-31,33-34,45,51-53H. The second kappa shape index (κ2) is 14.0. The Kier molecular flexibility index (Phi) is 8.31. The van der Waals surface area contributed by atoms with Gasteiger partial charge in [-0.05, 0) is 87.6 Å². The third kappa shape index (κ3) is 6.06. The van der Waals surface area contributed by atoms with Crippen LogP contribution < -0.4 is 15.5 Å².